The Morgan fingerprint density at radius 2 is 1.78 bits per heavy atom. The van der Waals surface area contributed by atoms with E-state index in [1.807, 2.05) is 30.3 Å². The number of rotatable bonds is 3. The molecule has 1 amide bonds. The molecule has 0 atom stereocenters. The molecule has 0 spiro atoms. The van der Waals surface area contributed by atoms with Crippen molar-refractivity contribution in [1.29, 1.82) is 0 Å². The van der Waals surface area contributed by atoms with Crippen molar-refractivity contribution in [2.24, 2.45) is 0 Å². The Morgan fingerprint density at radius 3 is 2.57 bits per heavy atom. The molecule has 0 saturated carbocycles. The monoisotopic (exact) mass is 373 g/mol. The largest absolute Gasteiger partial charge is 0.490 e. The van der Waals surface area contributed by atoms with E-state index in [2.05, 4.69) is 21.2 Å². The Bertz CT molecular complexity index is 726. The highest BCUT2D eigenvalue weighted by atomic mass is 79.9. The second kappa shape index (κ2) is 7.33. The summed E-state index contributed by atoms with van der Waals surface area (Å²) < 4.78 is 12.2. The van der Waals surface area contributed by atoms with E-state index in [9.17, 15) is 4.79 Å². The fourth-order valence-corrected chi connectivity index (χ4v) is 2.44. The predicted molar refractivity (Wildman–Crippen MR) is 93.9 cm³/mol. The van der Waals surface area contributed by atoms with Crippen molar-refractivity contribution in [2.75, 3.05) is 18.5 Å². The third-order valence-electron chi connectivity index (χ3n) is 3.31. The first-order valence-corrected chi connectivity index (χ1v) is 8.14. The van der Waals surface area contributed by atoms with Crippen LogP contribution in [0, 0.1) is 0 Å². The maximum Gasteiger partial charge on any atom is 0.248 e. The molecule has 4 nitrogen and oxygen atoms in total. The van der Waals surface area contributed by atoms with Crippen LogP contribution < -0.4 is 14.8 Å². The first-order valence-electron chi connectivity index (χ1n) is 7.35. The second-order valence-corrected chi connectivity index (χ2v) is 6.00. The quantitative estimate of drug-likeness (QED) is 0.817. The third kappa shape index (κ3) is 4.36. The van der Waals surface area contributed by atoms with Gasteiger partial charge < -0.3 is 14.8 Å². The summed E-state index contributed by atoms with van der Waals surface area (Å²) in [5.74, 6) is 1.19. The van der Waals surface area contributed by atoms with E-state index in [1.165, 1.54) is 6.08 Å². The first kappa shape index (κ1) is 15.6. The van der Waals surface area contributed by atoms with Gasteiger partial charge in [0.1, 0.15) is 0 Å². The molecule has 0 unspecified atom stereocenters. The average Bonchev–Trinajstić information content (AvgIpc) is 2.79. The molecule has 118 valence electrons. The topological polar surface area (TPSA) is 47.6 Å². The molecule has 0 radical (unpaired) electrons. The zero-order chi connectivity index (χ0) is 16.1. The van der Waals surface area contributed by atoms with E-state index in [4.69, 9.17) is 9.47 Å². The Balaban J connectivity index is 1.65. The number of anilines is 1. The van der Waals surface area contributed by atoms with Crippen molar-refractivity contribution < 1.29 is 14.3 Å². The van der Waals surface area contributed by atoms with Crippen LogP contribution in [-0.4, -0.2) is 19.1 Å². The molecule has 1 aliphatic rings. The molecule has 0 aliphatic carbocycles. The molecule has 0 fully saturated rings. The molecule has 3 rings (SSSR count). The number of fused-ring (bicyclic) bond motifs is 1. The Morgan fingerprint density at radius 1 is 1.04 bits per heavy atom. The lowest BCUT2D eigenvalue weighted by Crippen LogP contribution is -2.07. The summed E-state index contributed by atoms with van der Waals surface area (Å²) in [7, 11) is 0. The van der Waals surface area contributed by atoms with Gasteiger partial charge in [-0.25, -0.2) is 0 Å². The van der Waals surface area contributed by atoms with Gasteiger partial charge in [-0.15, -0.1) is 0 Å². The SMILES string of the molecule is O=C(C=Cc1ccc(Br)cc1)Nc1ccc2c(c1)OCCCO2. The van der Waals surface area contributed by atoms with Gasteiger partial charge in [0.15, 0.2) is 11.5 Å². The number of nitrogens with one attached hydrogen (secondary N) is 1. The van der Waals surface area contributed by atoms with Crippen LogP contribution >= 0.6 is 15.9 Å². The Hall–Kier alpha value is -2.27. The minimum absolute atomic E-state index is 0.192. The molecular formula is C18H16BrNO3. The first-order chi connectivity index (χ1) is 11.2. The lowest BCUT2D eigenvalue weighted by atomic mass is 10.2. The summed E-state index contributed by atoms with van der Waals surface area (Å²) in [6, 6.07) is 13.1. The van der Waals surface area contributed by atoms with Crippen molar-refractivity contribution in [3.8, 4) is 11.5 Å². The Labute approximate surface area is 143 Å². The van der Waals surface area contributed by atoms with Crippen molar-refractivity contribution in [3.63, 3.8) is 0 Å². The summed E-state index contributed by atoms with van der Waals surface area (Å²) >= 11 is 3.38. The van der Waals surface area contributed by atoms with E-state index in [0.29, 0.717) is 30.4 Å². The molecule has 0 aromatic heterocycles. The average molecular weight is 374 g/mol. The van der Waals surface area contributed by atoms with Gasteiger partial charge in [0.05, 0.1) is 13.2 Å². The Kier molecular flexibility index (Phi) is 4.98. The van der Waals surface area contributed by atoms with Crippen LogP contribution in [0.3, 0.4) is 0 Å². The minimum atomic E-state index is -0.192. The van der Waals surface area contributed by atoms with Gasteiger partial charge in [-0.2, -0.15) is 0 Å². The lowest BCUT2D eigenvalue weighted by Gasteiger charge is -2.09. The van der Waals surface area contributed by atoms with Crippen LogP contribution in [0.25, 0.3) is 6.08 Å². The standard InChI is InChI=1S/C18H16BrNO3/c19-14-5-2-13(3-6-14)4-9-18(21)20-15-7-8-16-17(12-15)23-11-1-10-22-16/h2-9,12H,1,10-11H2,(H,20,21). The van der Waals surface area contributed by atoms with Crippen LogP contribution in [0.15, 0.2) is 53.0 Å². The van der Waals surface area contributed by atoms with Crippen LogP contribution in [0.1, 0.15) is 12.0 Å². The summed E-state index contributed by atoms with van der Waals surface area (Å²) in [4.78, 5) is 12.0. The van der Waals surface area contributed by atoms with E-state index in [1.54, 1.807) is 18.2 Å². The van der Waals surface area contributed by atoms with E-state index in [0.717, 1.165) is 16.5 Å². The van der Waals surface area contributed by atoms with Gasteiger partial charge in [0.25, 0.3) is 0 Å². The fraction of sp³-hybridized carbons (Fsp3) is 0.167. The predicted octanol–water partition coefficient (Wildman–Crippen LogP) is 4.26. The number of carbonyl (C=O) groups excluding carboxylic acids is 1. The van der Waals surface area contributed by atoms with Crippen LogP contribution in [0.4, 0.5) is 5.69 Å². The maximum atomic E-state index is 12.0. The van der Waals surface area contributed by atoms with Gasteiger partial charge in [-0.05, 0) is 35.9 Å². The molecule has 2 aromatic carbocycles. The lowest BCUT2D eigenvalue weighted by molar-refractivity contribution is -0.111. The molecule has 0 bridgehead atoms. The van der Waals surface area contributed by atoms with Gasteiger partial charge >= 0.3 is 0 Å². The van der Waals surface area contributed by atoms with E-state index < -0.39 is 0 Å². The maximum absolute atomic E-state index is 12.0. The molecular weight excluding hydrogens is 358 g/mol. The second-order valence-electron chi connectivity index (χ2n) is 5.09. The number of benzene rings is 2. The summed E-state index contributed by atoms with van der Waals surface area (Å²) in [5, 5.41) is 2.82. The summed E-state index contributed by atoms with van der Waals surface area (Å²) in [6.07, 6.45) is 4.13. The van der Waals surface area contributed by atoms with Crippen LogP contribution in [0.5, 0.6) is 11.5 Å². The molecule has 23 heavy (non-hydrogen) atoms. The fourth-order valence-electron chi connectivity index (χ4n) is 2.17. The number of amides is 1. The van der Waals surface area contributed by atoms with Gasteiger partial charge in [0, 0.05) is 28.7 Å². The van der Waals surface area contributed by atoms with Crippen molar-refractivity contribution in [2.45, 2.75) is 6.42 Å². The van der Waals surface area contributed by atoms with Crippen LogP contribution in [0.2, 0.25) is 0 Å². The zero-order valence-corrected chi connectivity index (χ0v) is 14.0. The van der Waals surface area contributed by atoms with Gasteiger partial charge in [0.2, 0.25) is 5.91 Å². The molecule has 1 heterocycles. The summed E-state index contributed by atoms with van der Waals surface area (Å²) in [5.41, 5.74) is 1.64. The zero-order valence-electron chi connectivity index (χ0n) is 12.4. The highest BCUT2D eigenvalue weighted by Gasteiger charge is 2.11. The van der Waals surface area contributed by atoms with Gasteiger partial charge in [-0.3, -0.25) is 4.79 Å². The normalized spacial score (nSPS) is 13.6. The van der Waals surface area contributed by atoms with E-state index in [-0.39, 0.29) is 5.91 Å². The van der Waals surface area contributed by atoms with Crippen molar-refractivity contribution >= 4 is 33.6 Å². The number of halogens is 1. The van der Waals surface area contributed by atoms with Crippen molar-refractivity contribution in [1.82, 2.24) is 0 Å². The number of carbonyl (C=O) groups is 1. The molecule has 1 aliphatic heterocycles. The van der Waals surface area contributed by atoms with Crippen molar-refractivity contribution in [3.05, 3.63) is 58.6 Å². The van der Waals surface area contributed by atoms with Gasteiger partial charge in [-0.1, -0.05) is 28.1 Å². The molecule has 0 saturated heterocycles. The molecule has 2 aromatic rings. The third-order valence-corrected chi connectivity index (χ3v) is 3.84. The smallest absolute Gasteiger partial charge is 0.248 e. The molecule has 1 N–H and O–H groups in total. The molecule has 5 heteroatoms. The number of hydrogen-bond donors (Lipinski definition) is 1. The highest BCUT2D eigenvalue weighted by Crippen LogP contribution is 2.32. The highest BCUT2D eigenvalue weighted by molar-refractivity contribution is 9.10. The minimum Gasteiger partial charge on any atom is -0.490 e. The summed E-state index contributed by atoms with van der Waals surface area (Å²) in [6.45, 7) is 1.27. The van der Waals surface area contributed by atoms with Crippen LogP contribution in [-0.2, 0) is 4.79 Å². The number of hydrogen-bond acceptors (Lipinski definition) is 3. The number of ether oxygens (including phenoxy) is 2. The van der Waals surface area contributed by atoms with E-state index >= 15 is 0 Å².